The maximum Gasteiger partial charge on any atom is 0.244 e. The summed E-state index contributed by atoms with van der Waals surface area (Å²) in [4.78, 5) is 12.0. The molecule has 3 aromatic rings. The van der Waals surface area contributed by atoms with Gasteiger partial charge in [0.2, 0.25) is 5.91 Å². The van der Waals surface area contributed by atoms with E-state index in [2.05, 4.69) is 5.32 Å². The van der Waals surface area contributed by atoms with Gasteiger partial charge in [-0.05, 0) is 41.1 Å². The molecule has 0 saturated carbocycles. The third kappa shape index (κ3) is 3.44. The number of carbonyl (C=O) groups excluding carboxylic acids is 1. The molecule has 0 aliphatic rings. The van der Waals surface area contributed by atoms with Crippen LogP contribution in [-0.4, -0.2) is 17.6 Å². The van der Waals surface area contributed by atoms with Crippen LogP contribution in [0, 0.1) is 0 Å². The van der Waals surface area contributed by atoms with Crippen LogP contribution in [0.1, 0.15) is 16.9 Å². The molecular weight excluding hydrogens is 314 g/mol. The van der Waals surface area contributed by atoms with Crippen LogP contribution in [0.25, 0.3) is 6.08 Å². The monoisotopic (exact) mass is 329 g/mol. The highest BCUT2D eigenvalue weighted by molar-refractivity contribution is 7.08. The molecule has 3 rings (SSSR count). The van der Waals surface area contributed by atoms with E-state index in [9.17, 15) is 9.90 Å². The standard InChI is InChI=1S/C17H15NO4S/c19-16(4-3-13-5-8-21-10-13)18-12-17(20,14-6-9-23-11-14)15-2-1-7-22-15/h1-11,20H,12H2,(H,18,19)/b4-3+/t17-/m0/s1. The molecule has 118 valence electrons. The van der Waals surface area contributed by atoms with Crippen molar-refractivity contribution in [2.45, 2.75) is 5.60 Å². The summed E-state index contributed by atoms with van der Waals surface area (Å²) in [7, 11) is 0. The van der Waals surface area contributed by atoms with Gasteiger partial charge in [0.05, 0.1) is 25.3 Å². The average molecular weight is 329 g/mol. The first kappa shape index (κ1) is 15.3. The highest BCUT2D eigenvalue weighted by atomic mass is 32.1. The molecule has 23 heavy (non-hydrogen) atoms. The average Bonchev–Trinajstić information content (AvgIpc) is 3.33. The maximum atomic E-state index is 12.0. The first-order valence-corrected chi connectivity index (χ1v) is 7.90. The van der Waals surface area contributed by atoms with E-state index in [1.165, 1.54) is 36.2 Å². The van der Waals surface area contributed by atoms with E-state index in [0.29, 0.717) is 11.3 Å². The Hall–Kier alpha value is -2.57. The lowest BCUT2D eigenvalue weighted by molar-refractivity contribution is -0.117. The van der Waals surface area contributed by atoms with Crippen LogP contribution in [0.3, 0.4) is 0 Å². The van der Waals surface area contributed by atoms with Crippen molar-refractivity contribution in [2.24, 2.45) is 0 Å². The van der Waals surface area contributed by atoms with Crippen molar-refractivity contribution in [3.63, 3.8) is 0 Å². The van der Waals surface area contributed by atoms with Gasteiger partial charge in [0.25, 0.3) is 0 Å². The molecule has 1 amide bonds. The summed E-state index contributed by atoms with van der Waals surface area (Å²) in [6.45, 7) is 0.00576. The molecule has 0 radical (unpaired) electrons. The van der Waals surface area contributed by atoms with Crippen molar-refractivity contribution >= 4 is 23.3 Å². The molecule has 0 aliphatic carbocycles. The Morgan fingerprint density at radius 2 is 2.26 bits per heavy atom. The van der Waals surface area contributed by atoms with Gasteiger partial charge < -0.3 is 19.3 Å². The van der Waals surface area contributed by atoms with Crippen molar-refractivity contribution < 1.29 is 18.7 Å². The summed E-state index contributed by atoms with van der Waals surface area (Å²) in [5, 5.41) is 17.4. The number of amides is 1. The number of rotatable bonds is 6. The molecule has 2 N–H and O–H groups in total. The predicted molar refractivity (Wildman–Crippen MR) is 86.8 cm³/mol. The largest absolute Gasteiger partial charge is 0.472 e. The summed E-state index contributed by atoms with van der Waals surface area (Å²) < 4.78 is 10.3. The normalized spacial score (nSPS) is 14.0. The quantitative estimate of drug-likeness (QED) is 0.682. The van der Waals surface area contributed by atoms with Gasteiger partial charge in [-0.3, -0.25) is 4.79 Å². The number of nitrogens with one attached hydrogen (secondary N) is 1. The smallest absolute Gasteiger partial charge is 0.244 e. The van der Waals surface area contributed by atoms with Crippen LogP contribution >= 0.6 is 11.3 Å². The zero-order chi connectivity index (χ0) is 16.1. The SMILES string of the molecule is O=C(/C=C/c1ccoc1)NC[C@](O)(c1ccsc1)c1ccco1. The fourth-order valence-corrected chi connectivity index (χ4v) is 2.88. The number of hydrogen-bond acceptors (Lipinski definition) is 5. The van der Waals surface area contributed by atoms with Gasteiger partial charge in [0.15, 0.2) is 5.60 Å². The molecule has 0 bridgehead atoms. The zero-order valence-corrected chi connectivity index (χ0v) is 13.0. The number of thiophene rings is 1. The van der Waals surface area contributed by atoms with E-state index < -0.39 is 5.60 Å². The number of aliphatic hydroxyl groups is 1. The van der Waals surface area contributed by atoms with Gasteiger partial charge in [0.1, 0.15) is 5.76 Å². The van der Waals surface area contributed by atoms with Crippen LogP contribution < -0.4 is 5.32 Å². The molecule has 0 fully saturated rings. The minimum atomic E-state index is -1.40. The van der Waals surface area contributed by atoms with Gasteiger partial charge in [-0.2, -0.15) is 11.3 Å². The topological polar surface area (TPSA) is 75.6 Å². The molecule has 0 saturated heterocycles. The van der Waals surface area contributed by atoms with E-state index >= 15 is 0 Å². The molecule has 5 nitrogen and oxygen atoms in total. The molecule has 0 unspecified atom stereocenters. The maximum absolute atomic E-state index is 12.0. The Morgan fingerprint density at radius 3 is 2.91 bits per heavy atom. The molecule has 1 atom stereocenters. The number of carbonyl (C=O) groups is 1. The highest BCUT2D eigenvalue weighted by Gasteiger charge is 2.35. The number of furan rings is 2. The van der Waals surface area contributed by atoms with Gasteiger partial charge in [-0.25, -0.2) is 0 Å². The summed E-state index contributed by atoms with van der Waals surface area (Å²) >= 11 is 1.47. The molecule has 6 heteroatoms. The van der Waals surface area contributed by atoms with Crippen LogP contribution in [0.15, 0.2) is 68.7 Å². The predicted octanol–water partition coefficient (Wildman–Crippen LogP) is 3.00. The second kappa shape index (κ2) is 6.68. The van der Waals surface area contributed by atoms with Crippen molar-refractivity contribution in [3.8, 4) is 0 Å². The van der Waals surface area contributed by atoms with Crippen molar-refractivity contribution in [3.05, 3.63) is 76.8 Å². The third-order valence-electron chi connectivity index (χ3n) is 3.42. The minimum absolute atomic E-state index is 0.00576. The van der Waals surface area contributed by atoms with Gasteiger partial charge in [-0.1, -0.05) is 0 Å². The molecule has 0 aliphatic heterocycles. The molecule has 0 aromatic carbocycles. The molecule has 3 heterocycles. The van der Waals surface area contributed by atoms with Crippen molar-refractivity contribution in [2.75, 3.05) is 6.54 Å². The Morgan fingerprint density at radius 1 is 1.35 bits per heavy atom. The van der Waals surface area contributed by atoms with Crippen molar-refractivity contribution in [1.29, 1.82) is 0 Å². The first-order chi connectivity index (χ1) is 11.2. The molecular formula is C17H15NO4S. The van der Waals surface area contributed by atoms with E-state index in [1.807, 2.05) is 10.8 Å². The van der Waals surface area contributed by atoms with E-state index in [-0.39, 0.29) is 12.5 Å². The Labute approximate surface area is 136 Å². The Bertz CT molecular complexity index is 724. The highest BCUT2D eigenvalue weighted by Crippen LogP contribution is 2.30. The fourth-order valence-electron chi connectivity index (χ4n) is 2.16. The summed E-state index contributed by atoms with van der Waals surface area (Å²) in [6.07, 6.45) is 7.59. The second-order valence-electron chi connectivity index (χ2n) is 4.96. The van der Waals surface area contributed by atoms with E-state index in [4.69, 9.17) is 8.83 Å². The van der Waals surface area contributed by atoms with Gasteiger partial charge in [0, 0.05) is 17.2 Å². The lowest BCUT2D eigenvalue weighted by Crippen LogP contribution is -2.40. The van der Waals surface area contributed by atoms with E-state index in [0.717, 1.165) is 5.56 Å². The first-order valence-electron chi connectivity index (χ1n) is 6.95. The lowest BCUT2D eigenvalue weighted by Gasteiger charge is -2.25. The van der Waals surface area contributed by atoms with Gasteiger partial charge in [-0.15, -0.1) is 0 Å². The Kier molecular flexibility index (Phi) is 4.45. The summed E-state index contributed by atoms with van der Waals surface area (Å²) in [6, 6.07) is 6.94. The third-order valence-corrected chi connectivity index (χ3v) is 4.10. The summed E-state index contributed by atoms with van der Waals surface area (Å²) in [5.74, 6) is 0.0708. The Balaban J connectivity index is 1.71. The molecule has 0 spiro atoms. The van der Waals surface area contributed by atoms with Crippen molar-refractivity contribution in [1.82, 2.24) is 5.32 Å². The number of hydrogen-bond donors (Lipinski definition) is 2. The summed E-state index contributed by atoms with van der Waals surface area (Å²) in [5.41, 5.74) is 0.0682. The van der Waals surface area contributed by atoms with Gasteiger partial charge >= 0.3 is 0 Å². The van der Waals surface area contributed by atoms with E-state index in [1.54, 1.807) is 30.3 Å². The minimum Gasteiger partial charge on any atom is -0.472 e. The van der Waals surface area contributed by atoms with Crippen LogP contribution in [0.2, 0.25) is 0 Å². The lowest BCUT2D eigenvalue weighted by atomic mass is 9.93. The van der Waals surface area contributed by atoms with Crippen LogP contribution in [0.4, 0.5) is 0 Å². The van der Waals surface area contributed by atoms with Crippen LogP contribution in [-0.2, 0) is 10.4 Å². The second-order valence-corrected chi connectivity index (χ2v) is 5.74. The molecule has 3 aromatic heterocycles. The van der Waals surface area contributed by atoms with Crippen LogP contribution in [0.5, 0.6) is 0 Å². The fraction of sp³-hybridized carbons (Fsp3) is 0.118. The zero-order valence-electron chi connectivity index (χ0n) is 12.1.